The summed E-state index contributed by atoms with van der Waals surface area (Å²) in [5, 5.41) is 1.69. The van der Waals surface area contributed by atoms with Crippen LogP contribution in [0.2, 0.25) is 0 Å². The summed E-state index contributed by atoms with van der Waals surface area (Å²) in [6.07, 6.45) is -0.748. The Hall–Kier alpha value is -4.17. The average molecular weight is 550 g/mol. The van der Waals surface area contributed by atoms with E-state index in [2.05, 4.69) is 0 Å². The first kappa shape index (κ1) is 16.9. The van der Waals surface area contributed by atoms with E-state index in [-0.39, 0.29) is 22.3 Å². The van der Waals surface area contributed by atoms with Gasteiger partial charge in [0.1, 0.15) is 18.2 Å². The van der Waals surface area contributed by atoms with Crippen LogP contribution in [0.15, 0.2) is 89.5 Å². The number of benzene rings is 4. The van der Waals surface area contributed by atoms with Gasteiger partial charge in [0.05, 0.1) is 5.56 Å². The van der Waals surface area contributed by atoms with E-state index in [1.807, 2.05) is 67.6 Å². The fourth-order valence-electron chi connectivity index (χ4n) is 5.67. The highest BCUT2D eigenvalue weighted by Gasteiger charge is 2.24. The Labute approximate surface area is 259 Å². The van der Waals surface area contributed by atoms with Gasteiger partial charge in [-0.2, -0.15) is 0 Å². The summed E-state index contributed by atoms with van der Waals surface area (Å²) in [7, 11) is 1.68. The molecule has 2 heteroatoms. The number of hydrogen-bond donors (Lipinski definition) is 0. The zero-order valence-electron chi connectivity index (χ0n) is 34.9. The molecule has 2 heterocycles. The summed E-state index contributed by atoms with van der Waals surface area (Å²) >= 11 is 0. The molecule has 0 aliphatic rings. The molecule has 41 heavy (non-hydrogen) atoms. The van der Waals surface area contributed by atoms with E-state index in [9.17, 15) is 0 Å². The van der Waals surface area contributed by atoms with Gasteiger partial charge in [-0.15, -0.1) is 0 Å². The summed E-state index contributed by atoms with van der Waals surface area (Å²) in [4.78, 5) is 0. The van der Waals surface area contributed by atoms with E-state index >= 15 is 0 Å². The van der Waals surface area contributed by atoms with Crippen LogP contribution in [0.4, 0.5) is 0 Å². The highest BCUT2D eigenvalue weighted by molar-refractivity contribution is 6.13. The molecule has 206 valence electrons. The number of rotatable bonds is 4. The first-order valence-electron chi connectivity index (χ1n) is 19.2. The van der Waals surface area contributed by atoms with Crippen LogP contribution in [-0.4, -0.2) is 0 Å². The van der Waals surface area contributed by atoms with Crippen molar-refractivity contribution in [1.29, 1.82) is 0 Å². The second kappa shape index (κ2) is 10.0. The van der Waals surface area contributed by atoms with Crippen LogP contribution in [0.25, 0.3) is 55.4 Å². The number of para-hydroxylation sites is 1. The predicted octanol–water partition coefficient (Wildman–Crippen LogP) is 10.2. The van der Waals surface area contributed by atoms with Gasteiger partial charge in [-0.25, -0.2) is 4.57 Å². The largest absolute Gasteiger partial charge is 0.454 e. The number of aryl methyl sites for hydroxylation is 5. The van der Waals surface area contributed by atoms with Gasteiger partial charge in [-0.05, 0) is 78.2 Å². The van der Waals surface area contributed by atoms with E-state index in [0.717, 1.165) is 27.5 Å². The van der Waals surface area contributed by atoms with Crippen molar-refractivity contribution in [2.24, 2.45) is 12.5 Å². The van der Waals surface area contributed by atoms with E-state index in [1.165, 1.54) is 24.4 Å². The summed E-state index contributed by atoms with van der Waals surface area (Å²) in [6, 6.07) is 23.5. The normalized spacial score (nSPS) is 17.2. The topological polar surface area (TPSA) is 17.0 Å². The molecule has 0 unspecified atom stereocenters. The zero-order chi connectivity index (χ0) is 38.3. The fraction of sp³-hybridized carbons (Fsp3) is 0.256. The molecular formula is C39H40NO+. The summed E-state index contributed by atoms with van der Waals surface area (Å²) in [5.41, 5.74) is 2.28. The lowest BCUT2D eigenvalue weighted by atomic mass is 9.84. The highest BCUT2D eigenvalue weighted by atomic mass is 16.3. The third-order valence-electron chi connectivity index (χ3n) is 7.42. The third-order valence-corrected chi connectivity index (χ3v) is 7.42. The van der Waals surface area contributed by atoms with Gasteiger partial charge in [0, 0.05) is 43.0 Å². The van der Waals surface area contributed by atoms with Crippen LogP contribution in [0.1, 0.15) is 63.7 Å². The molecular weight excluding hydrogens is 498 g/mol. The van der Waals surface area contributed by atoms with Crippen molar-refractivity contribution in [3.63, 3.8) is 0 Å². The van der Waals surface area contributed by atoms with Crippen LogP contribution >= 0.6 is 0 Å². The predicted molar refractivity (Wildman–Crippen MR) is 173 cm³/mol. The SMILES string of the molecule is [2H]C([2H])([2H])c1c[n+](C)c(-c2c(C)ccc3c2oc2c(-c4ccccc4)cccc23)cc1-c1c(C([2H])([2H])[2H])cc(C([2H])([2H])C(C)(C)C)cc1C([2H])([2H])[2H]. The molecule has 0 aliphatic heterocycles. The monoisotopic (exact) mass is 549 g/mol. The zero-order valence-corrected chi connectivity index (χ0v) is 23.9. The first-order valence-corrected chi connectivity index (χ1v) is 13.7. The molecule has 0 aliphatic carbocycles. The van der Waals surface area contributed by atoms with Crippen molar-refractivity contribution in [2.45, 2.75) is 54.6 Å². The number of furan rings is 1. The first-order chi connectivity index (χ1) is 23.9. The van der Waals surface area contributed by atoms with Gasteiger partial charge in [-0.1, -0.05) is 93.6 Å². The maximum absolute atomic E-state index is 8.92. The van der Waals surface area contributed by atoms with Crippen LogP contribution in [0.3, 0.4) is 0 Å². The second-order valence-corrected chi connectivity index (χ2v) is 11.7. The number of hydrogen-bond acceptors (Lipinski definition) is 1. The smallest absolute Gasteiger partial charge is 0.216 e. The molecule has 0 atom stereocenters. The maximum atomic E-state index is 8.92. The molecule has 6 aromatic rings. The summed E-state index contributed by atoms with van der Waals surface area (Å²) < 4.78 is 103. The van der Waals surface area contributed by atoms with Gasteiger partial charge < -0.3 is 4.42 Å². The number of aromatic nitrogens is 1. The van der Waals surface area contributed by atoms with Crippen molar-refractivity contribution in [1.82, 2.24) is 0 Å². The van der Waals surface area contributed by atoms with Gasteiger partial charge >= 0.3 is 0 Å². The molecule has 0 radical (unpaired) electrons. The minimum atomic E-state index is -2.94. The standard InChI is InChI=1S/C39H40NO/c1-24-17-18-32-31-16-12-15-30(29-13-10-9-11-14-29)37(31)41-38(32)36(24)34-21-33(27(4)23-40(34)8)35-25(2)19-28(20-26(35)3)22-39(5,6)7/h9-21,23H,22H2,1-8H3/q+1/i2D3,3D3,4D3,22D2. The highest BCUT2D eigenvalue weighted by Crippen LogP contribution is 2.42. The summed E-state index contributed by atoms with van der Waals surface area (Å²) in [6.45, 7) is -1.84. The Morgan fingerprint density at radius 3 is 2.12 bits per heavy atom. The van der Waals surface area contributed by atoms with Crippen LogP contribution < -0.4 is 4.57 Å². The van der Waals surface area contributed by atoms with Crippen LogP contribution in [0.5, 0.6) is 0 Å². The van der Waals surface area contributed by atoms with Crippen molar-refractivity contribution in [3.8, 4) is 33.5 Å². The van der Waals surface area contributed by atoms with E-state index in [1.54, 1.807) is 32.4 Å². The number of nitrogens with zero attached hydrogens (tertiary/aromatic N) is 1. The molecule has 4 aromatic carbocycles. The van der Waals surface area contributed by atoms with Crippen LogP contribution in [-0.2, 0) is 13.4 Å². The lowest BCUT2D eigenvalue weighted by Crippen LogP contribution is -2.31. The Kier molecular flexibility index (Phi) is 4.14. The second-order valence-electron chi connectivity index (χ2n) is 11.7. The molecule has 2 nitrogen and oxygen atoms in total. The van der Waals surface area contributed by atoms with E-state index in [0.29, 0.717) is 22.4 Å². The third kappa shape index (κ3) is 4.86. The van der Waals surface area contributed by atoms with Gasteiger partial charge in [0.2, 0.25) is 5.69 Å². The van der Waals surface area contributed by atoms with Gasteiger partial charge in [0.15, 0.2) is 6.20 Å². The lowest BCUT2D eigenvalue weighted by molar-refractivity contribution is -0.660. The quantitative estimate of drug-likeness (QED) is 0.200. The molecule has 0 saturated heterocycles. The molecule has 0 amide bonds. The molecule has 2 aromatic heterocycles. The van der Waals surface area contributed by atoms with Crippen molar-refractivity contribution >= 4 is 21.9 Å². The summed E-state index contributed by atoms with van der Waals surface area (Å²) in [5.74, 6) is 0. The molecule has 0 saturated carbocycles. The van der Waals surface area contributed by atoms with Crippen LogP contribution in [0, 0.1) is 32.9 Å². The van der Waals surface area contributed by atoms with E-state index < -0.39 is 43.5 Å². The van der Waals surface area contributed by atoms with Gasteiger partial charge in [-0.3, -0.25) is 0 Å². The van der Waals surface area contributed by atoms with Gasteiger partial charge in [0.25, 0.3) is 0 Å². The Bertz CT molecular complexity index is 2310. The molecule has 0 bridgehead atoms. The van der Waals surface area contributed by atoms with Crippen molar-refractivity contribution in [2.75, 3.05) is 0 Å². The molecule has 0 fully saturated rings. The Balaban J connectivity index is 1.75. The lowest BCUT2D eigenvalue weighted by Gasteiger charge is -2.21. The molecule has 6 rings (SSSR count). The van der Waals surface area contributed by atoms with E-state index in [4.69, 9.17) is 19.5 Å². The minimum Gasteiger partial charge on any atom is -0.454 e. The Morgan fingerprint density at radius 2 is 1.44 bits per heavy atom. The maximum Gasteiger partial charge on any atom is 0.216 e. The average Bonchev–Trinajstić information content (AvgIpc) is 3.41. The minimum absolute atomic E-state index is 0.0919. The van der Waals surface area contributed by atoms with Crippen molar-refractivity contribution in [3.05, 3.63) is 113 Å². The molecule has 0 spiro atoms. The fourth-order valence-corrected chi connectivity index (χ4v) is 5.67. The molecule has 0 N–H and O–H groups in total. The number of pyridine rings is 1. The Morgan fingerprint density at radius 1 is 0.732 bits per heavy atom. The number of fused-ring (bicyclic) bond motifs is 3. The van der Waals surface area contributed by atoms with Crippen molar-refractivity contribution < 1.29 is 24.1 Å².